The Balaban J connectivity index is 1.68. The van der Waals surface area contributed by atoms with Gasteiger partial charge in [0.25, 0.3) is 5.91 Å². The lowest BCUT2D eigenvalue weighted by molar-refractivity contribution is -0.137. The molecule has 0 aromatic heterocycles. The van der Waals surface area contributed by atoms with Crippen LogP contribution < -0.4 is 20.9 Å². The first-order valence-electron chi connectivity index (χ1n) is 13.5. The number of benzene rings is 3. The van der Waals surface area contributed by atoms with E-state index in [9.17, 15) is 14.4 Å². The summed E-state index contributed by atoms with van der Waals surface area (Å²) in [7, 11) is 0. The number of halogens is 2. The molecule has 9 nitrogen and oxygen atoms in total. The van der Waals surface area contributed by atoms with Gasteiger partial charge in [0.05, 0.1) is 31.9 Å². The second kappa shape index (κ2) is 14.5. The summed E-state index contributed by atoms with van der Waals surface area (Å²) in [4.78, 5) is 42.7. The number of carbonyl (C=O) groups is 3. The molecule has 0 unspecified atom stereocenters. The number of alkyl halides is 2. The minimum absolute atomic E-state index is 0.00772. The molecule has 42 heavy (non-hydrogen) atoms. The van der Waals surface area contributed by atoms with E-state index in [0.717, 1.165) is 11.1 Å². The molecule has 4 rings (SSSR count). The maximum Gasteiger partial charge on any atom is 0.320 e. The molecule has 11 heteroatoms. The van der Waals surface area contributed by atoms with E-state index in [-0.39, 0.29) is 37.9 Å². The molecular weight excluding hydrogens is 579 g/mol. The minimum Gasteiger partial charge on any atom is -0.350 e. The second-order valence-corrected chi connectivity index (χ2v) is 10.7. The third-order valence-corrected chi connectivity index (χ3v) is 7.06. The van der Waals surface area contributed by atoms with E-state index >= 15 is 0 Å². The third kappa shape index (κ3) is 7.60. The number of aryl methyl sites for hydroxylation is 2. The van der Waals surface area contributed by atoms with Crippen LogP contribution in [0.15, 0.2) is 72.8 Å². The van der Waals surface area contributed by atoms with Crippen molar-refractivity contribution in [1.82, 2.24) is 5.32 Å². The number of fused-ring (bicyclic) bond motifs is 1. The molecule has 1 aliphatic rings. The Hall–Kier alpha value is -3.63. The number of carbonyl (C=O) groups excluding carboxylic acids is 3. The summed E-state index contributed by atoms with van der Waals surface area (Å²) in [5.74, 6) is -0.492. The number of anilines is 3. The standard InChI is InChI=1S/C31H34Cl2N4O5/c1-21-7-11-23(12-8-21)34-27(38)19-31(36-30(40)35-24-13-9-22(2)10-14-24)25-5-3-4-6-26(25)37(29(31)39)20-28(41-17-15-32)42-18-16-33/h3-14,28H,15-20H2,1-2H3,(H,34,38)(H2,35,36,40)/t31-/m0/s1. The van der Waals surface area contributed by atoms with E-state index in [2.05, 4.69) is 16.0 Å². The molecule has 3 aromatic carbocycles. The van der Waals surface area contributed by atoms with Crippen molar-refractivity contribution in [1.29, 1.82) is 0 Å². The van der Waals surface area contributed by atoms with Crippen molar-refractivity contribution < 1.29 is 23.9 Å². The summed E-state index contributed by atoms with van der Waals surface area (Å²) in [6, 6.07) is 20.9. The number of ether oxygens (including phenoxy) is 2. The SMILES string of the molecule is Cc1ccc(NC(=O)C[C@@]2(NC(=O)Nc3ccc(C)cc3)C(=O)N(CC(OCCCl)OCCCl)c3ccccc32)cc1. The molecule has 1 heterocycles. The highest BCUT2D eigenvalue weighted by molar-refractivity contribution is 6.18. The molecule has 0 spiro atoms. The van der Waals surface area contributed by atoms with Crippen molar-refractivity contribution in [2.24, 2.45) is 0 Å². The van der Waals surface area contributed by atoms with Crippen LogP contribution in [-0.2, 0) is 24.6 Å². The molecule has 0 radical (unpaired) electrons. The molecule has 222 valence electrons. The first-order chi connectivity index (χ1) is 20.3. The van der Waals surface area contributed by atoms with E-state index in [1.807, 2.05) is 38.1 Å². The molecule has 4 amide bonds. The molecule has 0 fully saturated rings. The smallest absolute Gasteiger partial charge is 0.320 e. The molecule has 0 saturated carbocycles. The van der Waals surface area contributed by atoms with Crippen molar-refractivity contribution in [2.45, 2.75) is 32.1 Å². The van der Waals surface area contributed by atoms with Crippen LogP contribution in [-0.4, -0.2) is 55.7 Å². The molecule has 3 aromatic rings. The van der Waals surface area contributed by atoms with Crippen LogP contribution in [0.5, 0.6) is 0 Å². The Morgan fingerprint density at radius 3 is 1.95 bits per heavy atom. The molecule has 0 bridgehead atoms. The lowest BCUT2D eigenvalue weighted by Gasteiger charge is -2.30. The maximum absolute atomic E-state index is 14.4. The molecule has 3 N–H and O–H groups in total. The van der Waals surface area contributed by atoms with Crippen LogP contribution in [0.1, 0.15) is 23.1 Å². The zero-order chi connectivity index (χ0) is 30.1. The predicted octanol–water partition coefficient (Wildman–Crippen LogP) is 5.53. The Bertz CT molecular complexity index is 1320. The first kappa shape index (κ1) is 31.3. The van der Waals surface area contributed by atoms with Gasteiger partial charge < -0.3 is 30.3 Å². The number of rotatable bonds is 13. The van der Waals surface area contributed by atoms with Crippen LogP contribution >= 0.6 is 23.2 Å². The van der Waals surface area contributed by atoms with Crippen LogP contribution in [0.3, 0.4) is 0 Å². The van der Waals surface area contributed by atoms with E-state index in [0.29, 0.717) is 22.6 Å². The highest BCUT2D eigenvalue weighted by Gasteiger charge is 2.53. The molecule has 0 aliphatic carbocycles. The predicted molar refractivity (Wildman–Crippen MR) is 165 cm³/mol. The van der Waals surface area contributed by atoms with Crippen LogP contribution in [0.2, 0.25) is 0 Å². The summed E-state index contributed by atoms with van der Waals surface area (Å²) in [5.41, 5.74) is 2.46. The van der Waals surface area contributed by atoms with Gasteiger partial charge in [0.2, 0.25) is 5.91 Å². The van der Waals surface area contributed by atoms with E-state index < -0.39 is 29.7 Å². The van der Waals surface area contributed by atoms with Gasteiger partial charge in [0.15, 0.2) is 11.8 Å². The van der Waals surface area contributed by atoms with Gasteiger partial charge in [-0.25, -0.2) is 4.79 Å². The average Bonchev–Trinajstić information content (AvgIpc) is 3.19. The van der Waals surface area contributed by atoms with Gasteiger partial charge in [-0.1, -0.05) is 53.6 Å². The lowest BCUT2D eigenvalue weighted by atomic mass is 9.87. The third-order valence-electron chi connectivity index (χ3n) is 6.76. The average molecular weight is 614 g/mol. The van der Waals surface area contributed by atoms with Gasteiger partial charge in [-0.3, -0.25) is 9.59 Å². The quantitative estimate of drug-likeness (QED) is 0.174. The van der Waals surface area contributed by atoms with Gasteiger partial charge in [-0.05, 0) is 44.2 Å². The Morgan fingerprint density at radius 1 is 0.833 bits per heavy atom. The van der Waals surface area contributed by atoms with E-state index in [4.69, 9.17) is 32.7 Å². The maximum atomic E-state index is 14.4. The number of nitrogens with one attached hydrogen (secondary N) is 3. The Kier molecular flexibility index (Phi) is 10.8. The van der Waals surface area contributed by atoms with Crippen molar-refractivity contribution in [2.75, 3.05) is 47.1 Å². The van der Waals surface area contributed by atoms with Gasteiger partial charge in [0.1, 0.15) is 0 Å². The fourth-order valence-corrected chi connectivity index (χ4v) is 4.95. The molecule has 0 saturated heterocycles. The summed E-state index contributed by atoms with van der Waals surface area (Å²) < 4.78 is 11.5. The number of hydrogen-bond donors (Lipinski definition) is 3. The van der Waals surface area contributed by atoms with Crippen LogP contribution in [0.25, 0.3) is 0 Å². The minimum atomic E-state index is -1.72. The first-order valence-corrected chi connectivity index (χ1v) is 14.6. The van der Waals surface area contributed by atoms with Gasteiger partial charge in [-0.2, -0.15) is 0 Å². The topological polar surface area (TPSA) is 109 Å². The number of amides is 4. The largest absolute Gasteiger partial charge is 0.350 e. The number of hydrogen-bond acceptors (Lipinski definition) is 5. The normalized spacial score (nSPS) is 15.9. The zero-order valence-corrected chi connectivity index (χ0v) is 25.0. The lowest BCUT2D eigenvalue weighted by Crippen LogP contribution is -2.56. The second-order valence-electron chi connectivity index (χ2n) is 9.92. The highest BCUT2D eigenvalue weighted by Crippen LogP contribution is 2.43. The van der Waals surface area contributed by atoms with Crippen molar-refractivity contribution in [3.8, 4) is 0 Å². The fraction of sp³-hybridized carbons (Fsp3) is 0.323. The number of nitrogens with zero attached hydrogens (tertiary/aromatic N) is 1. The summed E-state index contributed by atoms with van der Waals surface area (Å²) in [6.45, 7) is 4.27. The van der Waals surface area contributed by atoms with Crippen LogP contribution in [0.4, 0.5) is 21.9 Å². The molecular formula is C31H34Cl2N4O5. The van der Waals surface area contributed by atoms with Crippen LogP contribution in [0, 0.1) is 13.8 Å². The van der Waals surface area contributed by atoms with Gasteiger partial charge in [0, 0.05) is 28.7 Å². The zero-order valence-electron chi connectivity index (χ0n) is 23.5. The molecule has 1 atom stereocenters. The van der Waals surface area contributed by atoms with Gasteiger partial charge in [-0.15, -0.1) is 23.2 Å². The fourth-order valence-electron chi connectivity index (χ4n) is 4.77. The van der Waals surface area contributed by atoms with Crippen molar-refractivity contribution >= 4 is 58.1 Å². The monoisotopic (exact) mass is 612 g/mol. The number of para-hydroxylation sites is 1. The van der Waals surface area contributed by atoms with Gasteiger partial charge >= 0.3 is 6.03 Å². The summed E-state index contributed by atoms with van der Waals surface area (Å²) in [5, 5.41) is 8.49. The highest BCUT2D eigenvalue weighted by atomic mass is 35.5. The Morgan fingerprint density at radius 2 is 1.38 bits per heavy atom. The van der Waals surface area contributed by atoms with E-state index in [1.54, 1.807) is 48.5 Å². The molecule has 1 aliphatic heterocycles. The summed E-state index contributed by atoms with van der Waals surface area (Å²) >= 11 is 11.7. The number of urea groups is 1. The van der Waals surface area contributed by atoms with Crippen molar-refractivity contribution in [3.63, 3.8) is 0 Å². The Labute approximate surface area is 255 Å². The van der Waals surface area contributed by atoms with E-state index in [1.165, 1.54) is 4.90 Å². The van der Waals surface area contributed by atoms with Crippen molar-refractivity contribution in [3.05, 3.63) is 89.5 Å². The summed E-state index contributed by atoms with van der Waals surface area (Å²) in [6.07, 6.45) is -1.19.